The van der Waals surface area contributed by atoms with Gasteiger partial charge in [0.2, 0.25) is 10.0 Å². The quantitative estimate of drug-likeness (QED) is 0.489. The van der Waals surface area contributed by atoms with E-state index in [4.69, 9.17) is 5.14 Å². The molecule has 0 amide bonds. The molecule has 2 aromatic carbocycles. The van der Waals surface area contributed by atoms with Gasteiger partial charge in [0.05, 0.1) is 28.7 Å². The fraction of sp³-hybridized carbons (Fsp3) is 0.150. The number of alkyl halides is 3. The van der Waals surface area contributed by atoms with E-state index in [0.717, 1.165) is 4.68 Å². The second kappa shape index (κ2) is 7.88. The molecule has 0 fully saturated rings. The Labute approximate surface area is 181 Å². The number of aromatic nitrogens is 5. The van der Waals surface area contributed by atoms with Gasteiger partial charge in [-0.15, -0.1) is 5.10 Å². The van der Waals surface area contributed by atoms with Crippen molar-refractivity contribution in [3.63, 3.8) is 0 Å². The van der Waals surface area contributed by atoms with Crippen molar-refractivity contribution in [2.75, 3.05) is 0 Å². The van der Waals surface area contributed by atoms with Gasteiger partial charge in [-0.2, -0.15) is 18.3 Å². The Morgan fingerprint density at radius 3 is 2.38 bits per heavy atom. The number of rotatable bonds is 5. The Balaban J connectivity index is 1.65. The summed E-state index contributed by atoms with van der Waals surface area (Å²) in [5.74, 6) is 0. The van der Waals surface area contributed by atoms with Gasteiger partial charge in [0.25, 0.3) is 0 Å². The minimum Gasteiger partial charge on any atom is -0.228 e. The van der Waals surface area contributed by atoms with Crippen LogP contribution in [0.5, 0.6) is 0 Å². The van der Waals surface area contributed by atoms with Gasteiger partial charge in [-0.3, -0.25) is 0 Å². The van der Waals surface area contributed by atoms with Crippen molar-refractivity contribution >= 4 is 10.0 Å². The van der Waals surface area contributed by atoms with Crippen LogP contribution in [-0.2, 0) is 22.6 Å². The molecule has 0 bridgehead atoms. The molecular weight excluding hydrogens is 445 g/mol. The molecule has 0 radical (unpaired) electrons. The van der Waals surface area contributed by atoms with Crippen LogP contribution in [0.15, 0.2) is 65.8 Å². The summed E-state index contributed by atoms with van der Waals surface area (Å²) in [6, 6.07) is 12.1. The maximum absolute atomic E-state index is 13.5. The summed E-state index contributed by atoms with van der Waals surface area (Å²) in [5, 5.41) is 17.1. The number of sulfonamides is 1. The Bertz CT molecular complexity index is 1380. The van der Waals surface area contributed by atoms with Crippen LogP contribution in [-0.4, -0.2) is 33.2 Å². The van der Waals surface area contributed by atoms with E-state index in [1.165, 1.54) is 41.2 Å². The lowest BCUT2D eigenvalue weighted by Gasteiger charge is -2.12. The summed E-state index contributed by atoms with van der Waals surface area (Å²) in [6.45, 7) is 1.64. The van der Waals surface area contributed by atoms with Crippen LogP contribution in [0.4, 0.5) is 13.2 Å². The molecule has 2 aromatic heterocycles. The standard InChI is InChI=1S/C20H17F3N6O2S/c1-2-13-11-25-29(19(13)20(21,22)23)16-8-6-15(7-9-16)28-12-18(26-27-28)14-4-3-5-17(10-14)32(24,30)31/h3-12H,2H2,1H3,(H2,24,30,31). The number of nitrogens with two attached hydrogens (primary N) is 1. The van der Waals surface area contributed by atoms with Crippen molar-refractivity contribution < 1.29 is 21.6 Å². The van der Waals surface area contributed by atoms with Crippen LogP contribution in [0, 0.1) is 0 Å². The maximum atomic E-state index is 13.5. The molecule has 0 saturated carbocycles. The second-order valence-electron chi connectivity index (χ2n) is 6.92. The highest BCUT2D eigenvalue weighted by Crippen LogP contribution is 2.34. The smallest absolute Gasteiger partial charge is 0.228 e. The van der Waals surface area contributed by atoms with E-state index in [9.17, 15) is 21.6 Å². The molecule has 0 aliphatic heterocycles. The minimum atomic E-state index is -4.53. The summed E-state index contributed by atoms with van der Waals surface area (Å²) in [6.07, 6.45) is -1.54. The van der Waals surface area contributed by atoms with Crippen molar-refractivity contribution in [3.8, 4) is 22.6 Å². The zero-order valence-electron chi connectivity index (χ0n) is 16.7. The fourth-order valence-corrected chi connectivity index (χ4v) is 3.80. The number of nitrogens with zero attached hydrogens (tertiary/aromatic N) is 5. The summed E-state index contributed by atoms with van der Waals surface area (Å²) >= 11 is 0. The van der Waals surface area contributed by atoms with Crippen LogP contribution < -0.4 is 5.14 Å². The molecule has 2 heterocycles. The normalized spacial score (nSPS) is 12.3. The van der Waals surface area contributed by atoms with Crippen molar-refractivity contribution in [1.29, 1.82) is 0 Å². The molecule has 0 atom stereocenters. The zero-order valence-corrected chi connectivity index (χ0v) is 17.5. The van der Waals surface area contributed by atoms with Crippen LogP contribution in [0.3, 0.4) is 0 Å². The molecule has 0 aliphatic carbocycles. The molecule has 32 heavy (non-hydrogen) atoms. The number of halogens is 3. The largest absolute Gasteiger partial charge is 0.433 e. The van der Waals surface area contributed by atoms with E-state index >= 15 is 0 Å². The van der Waals surface area contributed by atoms with Crippen LogP contribution in [0.1, 0.15) is 18.2 Å². The summed E-state index contributed by atoms with van der Waals surface area (Å²) in [5.41, 5.74) is 1.01. The van der Waals surface area contributed by atoms with E-state index < -0.39 is 21.9 Å². The Kier molecular flexibility index (Phi) is 5.34. The maximum Gasteiger partial charge on any atom is 0.433 e. The third-order valence-corrected chi connectivity index (χ3v) is 5.72. The number of benzene rings is 2. The van der Waals surface area contributed by atoms with Gasteiger partial charge in [0, 0.05) is 11.1 Å². The van der Waals surface area contributed by atoms with Crippen molar-refractivity contribution in [1.82, 2.24) is 24.8 Å². The van der Waals surface area contributed by atoms with Crippen LogP contribution in [0.25, 0.3) is 22.6 Å². The Hall–Kier alpha value is -3.51. The van der Waals surface area contributed by atoms with Crippen molar-refractivity contribution in [2.24, 2.45) is 5.14 Å². The molecule has 0 aliphatic rings. The highest BCUT2D eigenvalue weighted by Gasteiger charge is 2.38. The Morgan fingerprint density at radius 1 is 1.06 bits per heavy atom. The van der Waals surface area contributed by atoms with E-state index in [2.05, 4.69) is 15.4 Å². The van der Waals surface area contributed by atoms with Gasteiger partial charge >= 0.3 is 6.18 Å². The van der Waals surface area contributed by atoms with E-state index in [1.54, 1.807) is 31.3 Å². The molecule has 0 saturated heterocycles. The van der Waals surface area contributed by atoms with Gasteiger partial charge < -0.3 is 0 Å². The molecular formula is C20H17F3N6O2S. The molecule has 4 aromatic rings. The lowest BCUT2D eigenvalue weighted by molar-refractivity contribution is -0.143. The molecule has 4 rings (SSSR count). The van der Waals surface area contributed by atoms with Gasteiger partial charge in [-0.1, -0.05) is 24.3 Å². The first kappa shape index (κ1) is 21.7. The molecule has 0 unspecified atom stereocenters. The second-order valence-corrected chi connectivity index (χ2v) is 8.48. The zero-order chi connectivity index (χ0) is 23.1. The predicted octanol–water partition coefficient (Wildman–Crippen LogP) is 3.35. The van der Waals surface area contributed by atoms with Crippen LogP contribution in [0.2, 0.25) is 0 Å². The summed E-state index contributed by atoms with van der Waals surface area (Å²) in [4.78, 5) is -0.0555. The monoisotopic (exact) mass is 462 g/mol. The average molecular weight is 462 g/mol. The molecule has 166 valence electrons. The highest BCUT2D eigenvalue weighted by atomic mass is 32.2. The number of hydrogen-bond donors (Lipinski definition) is 1. The summed E-state index contributed by atoms with van der Waals surface area (Å²) in [7, 11) is -3.87. The van der Waals surface area contributed by atoms with E-state index in [1.807, 2.05) is 0 Å². The van der Waals surface area contributed by atoms with E-state index in [0.29, 0.717) is 16.9 Å². The molecule has 8 nitrogen and oxygen atoms in total. The number of primary sulfonamides is 1. The number of hydrogen-bond acceptors (Lipinski definition) is 5. The SMILES string of the molecule is CCc1cnn(-c2ccc(-n3cc(-c4cccc(S(N)(=O)=O)c4)nn3)cc2)c1C(F)(F)F. The average Bonchev–Trinajstić information content (AvgIpc) is 3.41. The third kappa shape index (κ3) is 4.14. The number of aryl methyl sites for hydroxylation is 1. The Morgan fingerprint density at radius 2 is 1.75 bits per heavy atom. The lowest BCUT2D eigenvalue weighted by atomic mass is 10.2. The van der Waals surface area contributed by atoms with Crippen LogP contribution >= 0.6 is 0 Å². The first-order valence-electron chi connectivity index (χ1n) is 9.38. The first-order chi connectivity index (χ1) is 15.1. The summed E-state index contributed by atoms with van der Waals surface area (Å²) < 4.78 is 65.9. The van der Waals surface area contributed by atoms with Gasteiger partial charge in [-0.25, -0.2) is 22.9 Å². The fourth-order valence-electron chi connectivity index (χ4n) is 3.24. The van der Waals surface area contributed by atoms with Gasteiger partial charge in [-0.05, 0) is 42.8 Å². The van der Waals surface area contributed by atoms with Gasteiger partial charge in [0.1, 0.15) is 5.69 Å². The van der Waals surface area contributed by atoms with E-state index in [-0.39, 0.29) is 22.6 Å². The predicted molar refractivity (Wildman–Crippen MR) is 110 cm³/mol. The van der Waals surface area contributed by atoms with Crippen molar-refractivity contribution in [2.45, 2.75) is 24.4 Å². The molecule has 12 heteroatoms. The topological polar surface area (TPSA) is 109 Å². The molecule has 2 N–H and O–H groups in total. The van der Waals surface area contributed by atoms with Gasteiger partial charge in [0.15, 0.2) is 5.69 Å². The van der Waals surface area contributed by atoms with Crippen molar-refractivity contribution in [3.05, 3.63) is 72.2 Å². The molecule has 0 spiro atoms. The first-order valence-corrected chi connectivity index (χ1v) is 10.9. The third-order valence-electron chi connectivity index (χ3n) is 4.80. The minimum absolute atomic E-state index is 0.0555. The lowest BCUT2D eigenvalue weighted by Crippen LogP contribution is -2.15. The highest BCUT2D eigenvalue weighted by molar-refractivity contribution is 7.89.